The Labute approximate surface area is 146 Å². The van der Waals surface area contributed by atoms with Crippen molar-refractivity contribution in [2.75, 3.05) is 5.73 Å². The predicted molar refractivity (Wildman–Crippen MR) is 99.0 cm³/mol. The Morgan fingerprint density at radius 1 is 1.12 bits per heavy atom. The van der Waals surface area contributed by atoms with Crippen LogP contribution >= 0.6 is 11.6 Å². The number of carbonyl (C=O) groups is 1. The molecule has 0 fully saturated rings. The van der Waals surface area contributed by atoms with Crippen molar-refractivity contribution in [2.45, 2.75) is 19.3 Å². The molecule has 2 aromatic rings. The minimum Gasteiger partial charge on any atom is -0.398 e. The van der Waals surface area contributed by atoms with Crippen LogP contribution < -0.4 is 11.2 Å². The van der Waals surface area contributed by atoms with Crippen LogP contribution in [-0.2, 0) is 6.42 Å². The molecule has 4 nitrogen and oxygen atoms in total. The zero-order chi connectivity index (χ0) is 16.9. The summed E-state index contributed by atoms with van der Waals surface area (Å²) in [6.07, 6.45) is 4.42. The molecule has 5 heteroatoms. The van der Waals surface area contributed by atoms with Gasteiger partial charge >= 0.3 is 0 Å². The molecule has 0 atom stereocenters. The van der Waals surface area contributed by atoms with Gasteiger partial charge in [-0.1, -0.05) is 48.0 Å². The lowest BCUT2D eigenvalue weighted by molar-refractivity contribution is 0.0956. The van der Waals surface area contributed by atoms with Gasteiger partial charge < -0.3 is 5.73 Å². The fraction of sp³-hybridized carbons (Fsp3) is 0.158. The molecule has 0 heterocycles. The van der Waals surface area contributed by atoms with Crippen molar-refractivity contribution < 1.29 is 4.79 Å². The Morgan fingerprint density at radius 2 is 1.88 bits per heavy atom. The van der Waals surface area contributed by atoms with E-state index in [9.17, 15) is 4.79 Å². The lowest BCUT2D eigenvalue weighted by Gasteiger charge is -2.06. The summed E-state index contributed by atoms with van der Waals surface area (Å²) in [5.74, 6) is -0.338. The molecule has 2 aromatic carbocycles. The summed E-state index contributed by atoms with van der Waals surface area (Å²) in [4.78, 5) is 12.1. The molecule has 1 aliphatic rings. The number of rotatable bonds is 3. The summed E-state index contributed by atoms with van der Waals surface area (Å²) in [5, 5.41) is 4.75. The third-order valence-electron chi connectivity index (χ3n) is 4.02. The number of halogens is 1. The molecule has 1 amide bonds. The summed E-state index contributed by atoms with van der Waals surface area (Å²) in [6, 6.07) is 15.0. The molecule has 122 valence electrons. The van der Waals surface area contributed by atoms with E-state index in [1.54, 1.807) is 30.5 Å². The van der Waals surface area contributed by atoms with Crippen LogP contribution in [0.5, 0.6) is 0 Å². The monoisotopic (exact) mass is 339 g/mol. The van der Waals surface area contributed by atoms with Crippen LogP contribution in [0.4, 0.5) is 5.69 Å². The first kappa shape index (κ1) is 16.3. The lowest BCUT2D eigenvalue weighted by atomic mass is 10.0. The van der Waals surface area contributed by atoms with Gasteiger partial charge in [0, 0.05) is 5.69 Å². The van der Waals surface area contributed by atoms with Crippen molar-refractivity contribution >= 4 is 34.4 Å². The molecule has 1 aliphatic carbocycles. The van der Waals surface area contributed by atoms with Gasteiger partial charge in [0.05, 0.1) is 16.8 Å². The summed E-state index contributed by atoms with van der Waals surface area (Å²) in [6.45, 7) is 0. The predicted octanol–water partition coefficient (Wildman–Crippen LogP) is 3.97. The number of allylic oxidation sites excluding steroid dienone is 1. The van der Waals surface area contributed by atoms with Crippen LogP contribution in [0.2, 0.25) is 0 Å². The van der Waals surface area contributed by atoms with E-state index >= 15 is 0 Å². The second kappa shape index (κ2) is 7.32. The summed E-state index contributed by atoms with van der Waals surface area (Å²) < 4.78 is 0. The number of nitrogen functional groups attached to an aromatic ring is 1. The number of para-hydroxylation sites is 1. The molecule has 0 saturated carbocycles. The molecule has 0 saturated heterocycles. The van der Waals surface area contributed by atoms with Crippen LogP contribution in [0.25, 0.3) is 5.03 Å². The first-order chi connectivity index (χ1) is 11.7. The van der Waals surface area contributed by atoms with E-state index in [4.69, 9.17) is 17.3 Å². The third kappa shape index (κ3) is 3.49. The van der Waals surface area contributed by atoms with Crippen molar-refractivity contribution in [3.63, 3.8) is 0 Å². The van der Waals surface area contributed by atoms with Crippen LogP contribution in [0.1, 0.15) is 34.3 Å². The van der Waals surface area contributed by atoms with E-state index in [-0.39, 0.29) is 5.91 Å². The molecule has 3 N–H and O–H groups in total. The van der Waals surface area contributed by atoms with Gasteiger partial charge in [0.25, 0.3) is 5.91 Å². The normalized spacial score (nSPS) is 14.4. The Bertz CT molecular complexity index is 827. The average molecular weight is 340 g/mol. The van der Waals surface area contributed by atoms with Gasteiger partial charge in [-0.25, -0.2) is 5.43 Å². The highest BCUT2D eigenvalue weighted by molar-refractivity contribution is 6.50. The standard InChI is InChI=1S/C19H18ClN3O/c20-18-14(8-5-7-13-6-1-2-9-15(13)18)12-22-23-19(24)16-10-3-4-11-17(16)21/h1-4,6,9-12H,5,7-8,21H2,(H,23,24)/b22-12+. The summed E-state index contributed by atoms with van der Waals surface area (Å²) >= 11 is 6.53. The van der Waals surface area contributed by atoms with Crippen LogP contribution in [0.15, 0.2) is 59.2 Å². The second-order valence-corrected chi connectivity index (χ2v) is 6.01. The number of nitrogens with zero attached hydrogens (tertiary/aromatic N) is 1. The fourth-order valence-electron chi connectivity index (χ4n) is 2.76. The maximum absolute atomic E-state index is 12.1. The number of nitrogens with one attached hydrogen (secondary N) is 1. The Balaban J connectivity index is 1.77. The Morgan fingerprint density at radius 3 is 2.71 bits per heavy atom. The smallest absolute Gasteiger partial charge is 0.273 e. The maximum Gasteiger partial charge on any atom is 0.273 e. The highest BCUT2D eigenvalue weighted by atomic mass is 35.5. The highest BCUT2D eigenvalue weighted by Gasteiger charge is 2.14. The summed E-state index contributed by atoms with van der Waals surface area (Å²) in [5.41, 5.74) is 12.3. The van der Waals surface area contributed by atoms with Gasteiger partial charge in [0.15, 0.2) is 0 Å². The number of hydrogen-bond donors (Lipinski definition) is 2. The Hall–Kier alpha value is -2.59. The molecule has 3 rings (SSSR count). The van der Waals surface area contributed by atoms with Gasteiger partial charge in [-0.3, -0.25) is 4.79 Å². The number of carbonyl (C=O) groups excluding carboxylic acids is 1. The van der Waals surface area contributed by atoms with Crippen LogP contribution in [0, 0.1) is 0 Å². The zero-order valence-corrected chi connectivity index (χ0v) is 13.9. The van der Waals surface area contributed by atoms with Gasteiger partial charge in [-0.2, -0.15) is 5.10 Å². The van der Waals surface area contributed by atoms with Crippen molar-refractivity contribution in [1.29, 1.82) is 0 Å². The van der Waals surface area contributed by atoms with Gasteiger partial charge in [0.2, 0.25) is 0 Å². The molecule has 0 unspecified atom stereocenters. The van der Waals surface area contributed by atoms with E-state index in [0.717, 1.165) is 30.4 Å². The first-order valence-corrected chi connectivity index (χ1v) is 8.19. The SMILES string of the molecule is Nc1ccccc1C(=O)N/N=C/C1=C(Cl)c2ccccc2CCC1. The highest BCUT2D eigenvalue weighted by Crippen LogP contribution is 2.32. The van der Waals surface area contributed by atoms with Crippen molar-refractivity contribution in [3.8, 4) is 0 Å². The number of fused-ring (bicyclic) bond motifs is 1. The zero-order valence-electron chi connectivity index (χ0n) is 13.1. The third-order valence-corrected chi connectivity index (χ3v) is 4.47. The first-order valence-electron chi connectivity index (χ1n) is 7.81. The van der Waals surface area contributed by atoms with Crippen LogP contribution in [-0.4, -0.2) is 12.1 Å². The number of hydrazone groups is 1. The molecular weight excluding hydrogens is 322 g/mol. The van der Waals surface area contributed by atoms with Gasteiger partial charge in [-0.05, 0) is 48.1 Å². The van der Waals surface area contributed by atoms with Crippen molar-refractivity contribution in [1.82, 2.24) is 5.43 Å². The maximum atomic E-state index is 12.1. The molecule has 24 heavy (non-hydrogen) atoms. The number of hydrogen-bond acceptors (Lipinski definition) is 3. The van der Waals surface area contributed by atoms with Crippen molar-refractivity contribution in [3.05, 3.63) is 70.8 Å². The van der Waals surface area contributed by atoms with Crippen LogP contribution in [0.3, 0.4) is 0 Å². The number of anilines is 1. The number of nitrogens with two attached hydrogens (primary N) is 1. The van der Waals surface area contributed by atoms with Gasteiger partial charge in [-0.15, -0.1) is 0 Å². The molecule has 0 aromatic heterocycles. The summed E-state index contributed by atoms with van der Waals surface area (Å²) in [7, 11) is 0. The minimum atomic E-state index is -0.338. The second-order valence-electron chi connectivity index (χ2n) is 5.64. The molecule has 0 radical (unpaired) electrons. The topological polar surface area (TPSA) is 67.5 Å². The molecule has 0 spiro atoms. The largest absolute Gasteiger partial charge is 0.398 e. The molecule has 0 bridgehead atoms. The van der Waals surface area contributed by atoms with E-state index in [1.165, 1.54) is 5.56 Å². The van der Waals surface area contributed by atoms with E-state index in [1.807, 2.05) is 18.2 Å². The fourth-order valence-corrected chi connectivity index (χ4v) is 3.09. The Kier molecular flexibility index (Phi) is 4.96. The van der Waals surface area contributed by atoms with E-state index < -0.39 is 0 Å². The van der Waals surface area contributed by atoms with Gasteiger partial charge in [0.1, 0.15) is 0 Å². The van der Waals surface area contributed by atoms with E-state index in [0.29, 0.717) is 16.3 Å². The number of amides is 1. The minimum absolute atomic E-state index is 0.338. The van der Waals surface area contributed by atoms with E-state index in [2.05, 4.69) is 16.6 Å². The number of aryl methyl sites for hydroxylation is 1. The van der Waals surface area contributed by atoms with Crippen molar-refractivity contribution in [2.24, 2.45) is 5.10 Å². The quantitative estimate of drug-likeness (QED) is 0.504. The lowest BCUT2D eigenvalue weighted by Crippen LogP contribution is -2.19. The molecule has 0 aliphatic heterocycles. The average Bonchev–Trinajstić information content (AvgIpc) is 2.75. The number of benzene rings is 2. The molecular formula is C19H18ClN3O.